The molecule has 0 bridgehead atoms. The van der Waals surface area contributed by atoms with Crippen molar-refractivity contribution in [2.24, 2.45) is 5.92 Å². The van der Waals surface area contributed by atoms with Crippen LogP contribution in [0.1, 0.15) is 27.2 Å². The van der Waals surface area contributed by atoms with Gasteiger partial charge in [-0.2, -0.15) is 61.5 Å². The van der Waals surface area contributed by atoms with Crippen LogP contribution in [0.15, 0.2) is 0 Å². The van der Waals surface area contributed by atoms with Gasteiger partial charge in [0.15, 0.2) is 6.10 Å². The fourth-order valence-electron chi connectivity index (χ4n) is 2.61. The lowest BCUT2D eigenvalue weighted by Gasteiger charge is -2.28. The lowest BCUT2D eigenvalue weighted by molar-refractivity contribution is -0.362. The van der Waals surface area contributed by atoms with Gasteiger partial charge in [-0.15, -0.1) is 0 Å². The maximum atomic E-state index is 13.2. The van der Waals surface area contributed by atoms with E-state index in [4.69, 9.17) is 0 Å². The fraction of sp³-hybridized carbons (Fsp3) is 0.900. The zero-order valence-corrected chi connectivity index (χ0v) is 21.0. The number of ether oxygens (including phenoxy) is 4. The van der Waals surface area contributed by atoms with Crippen LogP contribution in [0.25, 0.3) is 0 Å². The van der Waals surface area contributed by atoms with Crippen LogP contribution >= 0.6 is 0 Å². The Morgan fingerprint density at radius 2 is 0.951 bits per heavy atom. The third-order valence-corrected chi connectivity index (χ3v) is 4.90. The zero-order chi connectivity index (χ0) is 32.8. The Morgan fingerprint density at radius 3 is 1.24 bits per heavy atom. The minimum absolute atomic E-state index is 0.401. The Balaban J connectivity index is 4.91. The van der Waals surface area contributed by atoms with E-state index >= 15 is 0 Å². The molecule has 21 heteroatoms. The van der Waals surface area contributed by atoms with Gasteiger partial charge in [-0.05, 0) is 20.3 Å². The van der Waals surface area contributed by atoms with E-state index in [9.17, 15) is 76.2 Å². The van der Waals surface area contributed by atoms with Gasteiger partial charge < -0.3 is 24.1 Å². The summed E-state index contributed by atoms with van der Waals surface area (Å²) in [5, 5.41) is 10.0. The predicted molar refractivity (Wildman–Crippen MR) is 104 cm³/mol. The number of hydrogen-bond acceptors (Lipinski definition) is 7. The molecule has 0 aromatic heterocycles. The number of hydrogen-bond donors (Lipinski definition) is 1. The number of carbonyl (C=O) groups is 2. The summed E-state index contributed by atoms with van der Waals surface area (Å²) in [4.78, 5) is 24.2. The molecule has 0 saturated carbocycles. The molecule has 0 aromatic rings. The standard InChI is InChI=1S/C20H24F14O7/c1-4-11(13(36)40-9(2)5-38-7-15(21,22)17(25,26)19(29,30)31)12(35)14(37)41-10(3)6-39-8-16(23,24)18(27,28)20(32,33)34/h9-12,35H,4-8H2,1-3H3. The van der Waals surface area contributed by atoms with Gasteiger partial charge in [0.05, 0.1) is 19.1 Å². The number of aliphatic hydroxyl groups excluding tert-OH is 1. The number of alkyl halides is 14. The Hall–Kier alpha value is -2.16. The molecule has 4 atom stereocenters. The molecule has 0 aliphatic rings. The quantitative estimate of drug-likeness (QED) is 0.189. The first-order chi connectivity index (χ1) is 18.2. The second kappa shape index (κ2) is 13.9. The van der Waals surface area contributed by atoms with Crippen LogP contribution in [-0.2, 0) is 28.5 Å². The lowest BCUT2D eigenvalue weighted by Crippen LogP contribution is -2.54. The minimum Gasteiger partial charge on any atom is -0.460 e. The van der Waals surface area contributed by atoms with Crippen molar-refractivity contribution in [1.82, 2.24) is 0 Å². The molecule has 41 heavy (non-hydrogen) atoms. The van der Waals surface area contributed by atoms with E-state index in [-0.39, 0.29) is 0 Å². The fourth-order valence-corrected chi connectivity index (χ4v) is 2.61. The topological polar surface area (TPSA) is 91.3 Å². The second-order valence-electron chi connectivity index (χ2n) is 8.54. The van der Waals surface area contributed by atoms with Crippen LogP contribution in [0.2, 0.25) is 0 Å². The monoisotopic (exact) mass is 642 g/mol. The molecule has 0 aliphatic heterocycles. The van der Waals surface area contributed by atoms with Gasteiger partial charge in [-0.1, -0.05) is 6.92 Å². The summed E-state index contributed by atoms with van der Waals surface area (Å²) in [6, 6.07) is 0. The van der Waals surface area contributed by atoms with Crippen LogP contribution in [0.5, 0.6) is 0 Å². The summed E-state index contributed by atoms with van der Waals surface area (Å²) < 4.78 is 194. The molecule has 4 unspecified atom stereocenters. The summed E-state index contributed by atoms with van der Waals surface area (Å²) in [7, 11) is 0. The van der Waals surface area contributed by atoms with Gasteiger partial charge in [-0.25, -0.2) is 4.79 Å². The van der Waals surface area contributed by atoms with Crippen molar-refractivity contribution in [2.45, 2.75) is 81.5 Å². The van der Waals surface area contributed by atoms with Crippen LogP contribution in [0, 0.1) is 5.92 Å². The van der Waals surface area contributed by atoms with Gasteiger partial charge in [0.1, 0.15) is 25.4 Å². The lowest BCUT2D eigenvalue weighted by atomic mass is 9.99. The van der Waals surface area contributed by atoms with Crippen LogP contribution in [0.4, 0.5) is 61.5 Å². The summed E-state index contributed by atoms with van der Waals surface area (Å²) in [6.07, 6.45) is -19.2. The van der Waals surface area contributed by atoms with E-state index in [1.807, 2.05) is 0 Å². The van der Waals surface area contributed by atoms with Crippen molar-refractivity contribution in [3.05, 3.63) is 0 Å². The molecule has 0 heterocycles. The van der Waals surface area contributed by atoms with E-state index < -0.39 is 105 Å². The number of rotatable bonds is 16. The number of esters is 2. The van der Waals surface area contributed by atoms with Crippen molar-refractivity contribution in [1.29, 1.82) is 0 Å². The first-order valence-corrected chi connectivity index (χ1v) is 11.1. The predicted octanol–water partition coefficient (Wildman–Crippen LogP) is 4.94. The number of aliphatic hydroxyl groups is 1. The van der Waals surface area contributed by atoms with E-state index in [2.05, 4.69) is 18.9 Å². The minimum atomic E-state index is -6.61. The first kappa shape index (κ1) is 38.8. The highest BCUT2D eigenvalue weighted by Gasteiger charge is 2.73. The van der Waals surface area contributed by atoms with Gasteiger partial charge in [0.25, 0.3) is 0 Å². The van der Waals surface area contributed by atoms with Gasteiger partial charge in [0, 0.05) is 0 Å². The highest BCUT2D eigenvalue weighted by molar-refractivity contribution is 5.83. The van der Waals surface area contributed by atoms with Crippen molar-refractivity contribution in [3.8, 4) is 0 Å². The largest absolute Gasteiger partial charge is 0.460 e. The van der Waals surface area contributed by atoms with Crippen molar-refractivity contribution in [2.75, 3.05) is 26.4 Å². The average molecular weight is 642 g/mol. The summed E-state index contributed by atoms with van der Waals surface area (Å²) in [6.45, 7) is -4.22. The van der Waals surface area contributed by atoms with Crippen LogP contribution < -0.4 is 0 Å². The molecular formula is C20H24F14O7. The maximum absolute atomic E-state index is 13.2. The van der Waals surface area contributed by atoms with Gasteiger partial charge in [0.2, 0.25) is 0 Å². The third-order valence-electron chi connectivity index (χ3n) is 4.90. The van der Waals surface area contributed by atoms with Crippen LogP contribution in [-0.4, -0.2) is 97.8 Å². The van der Waals surface area contributed by atoms with E-state index in [1.165, 1.54) is 6.92 Å². The normalized spacial score (nSPS) is 17.0. The molecule has 0 saturated heterocycles. The van der Waals surface area contributed by atoms with Crippen LogP contribution in [0.3, 0.4) is 0 Å². The van der Waals surface area contributed by atoms with E-state index in [1.54, 1.807) is 0 Å². The summed E-state index contributed by atoms with van der Waals surface area (Å²) >= 11 is 0. The Bertz CT molecular complexity index is 860. The molecular weight excluding hydrogens is 618 g/mol. The van der Waals surface area contributed by atoms with Crippen molar-refractivity contribution >= 4 is 11.9 Å². The van der Waals surface area contributed by atoms with Gasteiger partial charge in [-0.3, -0.25) is 4.79 Å². The first-order valence-electron chi connectivity index (χ1n) is 11.1. The number of carbonyl (C=O) groups excluding carboxylic acids is 2. The smallest absolute Gasteiger partial charge is 0.459 e. The number of halogens is 14. The second-order valence-corrected chi connectivity index (χ2v) is 8.54. The van der Waals surface area contributed by atoms with Crippen molar-refractivity contribution in [3.63, 3.8) is 0 Å². The molecule has 0 fully saturated rings. The SMILES string of the molecule is CCC(C(=O)OC(C)COCC(F)(F)C(F)(F)C(F)(F)F)C(O)C(=O)OC(C)COCC(F)(F)C(F)(F)C(F)(F)F. The Labute approximate surface area is 222 Å². The molecule has 0 amide bonds. The maximum Gasteiger partial charge on any atom is 0.459 e. The molecule has 0 rings (SSSR count). The summed E-state index contributed by atoms with van der Waals surface area (Å²) in [5.74, 6) is -29.2. The summed E-state index contributed by atoms with van der Waals surface area (Å²) in [5.41, 5.74) is 0. The third kappa shape index (κ3) is 9.97. The highest BCUT2D eigenvalue weighted by Crippen LogP contribution is 2.47. The molecule has 0 spiro atoms. The Morgan fingerprint density at radius 1 is 0.634 bits per heavy atom. The molecule has 1 N–H and O–H groups in total. The van der Waals surface area contributed by atoms with Gasteiger partial charge >= 0.3 is 48.0 Å². The molecule has 0 aromatic carbocycles. The zero-order valence-electron chi connectivity index (χ0n) is 21.0. The Kier molecular flexibility index (Phi) is 13.1. The average Bonchev–Trinajstić information content (AvgIpc) is 2.77. The molecule has 244 valence electrons. The van der Waals surface area contributed by atoms with Crippen molar-refractivity contribution < 1.29 is 95.1 Å². The van der Waals surface area contributed by atoms with E-state index in [0.717, 1.165) is 13.8 Å². The van der Waals surface area contributed by atoms with E-state index in [0.29, 0.717) is 0 Å². The molecule has 7 nitrogen and oxygen atoms in total. The highest BCUT2D eigenvalue weighted by atomic mass is 19.4. The molecule has 0 aliphatic carbocycles. The molecule has 0 radical (unpaired) electrons.